The van der Waals surface area contributed by atoms with E-state index in [0.29, 0.717) is 16.3 Å². The Morgan fingerprint density at radius 3 is 2.75 bits per heavy atom. The predicted molar refractivity (Wildman–Crippen MR) is 85.7 cm³/mol. The van der Waals surface area contributed by atoms with Gasteiger partial charge in [0.15, 0.2) is 0 Å². The van der Waals surface area contributed by atoms with Crippen LogP contribution in [0.3, 0.4) is 0 Å². The molecular weight excluding hydrogens is 360 g/mol. The molecule has 20 heavy (non-hydrogen) atoms. The van der Waals surface area contributed by atoms with Gasteiger partial charge in [0, 0.05) is 11.7 Å². The van der Waals surface area contributed by atoms with Gasteiger partial charge < -0.3 is 5.73 Å². The summed E-state index contributed by atoms with van der Waals surface area (Å²) in [5.41, 5.74) is 8.15. The van der Waals surface area contributed by atoms with E-state index in [-0.39, 0.29) is 6.04 Å². The summed E-state index contributed by atoms with van der Waals surface area (Å²) < 4.78 is 28.2. The largest absolute Gasteiger partial charge is 0.399 e. The molecule has 1 aromatic carbocycles. The fraction of sp³-hybridized carbons (Fsp3) is 0.231. The first-order chi connectivity index (χ1) is 9.39. The Morgan fingerprint density at radius 1 is 1.35 bits per heavy atom. The van der Waals surface area contributed by atoms with Crippen molar-refractivity contribution in [3.8, 4) is 0 Å². The predicted octanol–water partition coefficient (Wildman–Crippen LogP) is 3.23. The second-order valence-electron chi connectivity index (χ2n) is 4.80. The number of sulfonamides is 1. The molecule has 1 aliphatic heterocycles. The van der Waals surface area contributed by atoms with Gasteiger partial charge in [-0.2, -0.15) is 0 Å². The number of rotatable bonds is 2. The maximum atomic E-state index is 12.8. The number of nitrogens with two attached hydrogens (primary N) is 1. The van der Waals surface area contributed by atoms with Crippen LogP contribution in [0.5, 0.6) is 0 Å². The van der Waals surface area contributed by atoms with Crippen LogP contribution >= 0.6 is 27.3 Å². The van der Waals surface area contributed by atoms with E-state index in [1.807, 2.05) is 13.0 Å². The van der Waals surface area contributed by atoms with Crippen molar-refractivity contribution in [3.05, 3.63) is 39.7 Å². The van der Waals surface area contributed by atoms with Gasteiger partial charge in [0.05, 0.1) is 9.47 Å². The first-order valence-corrected chi connectivity index (χ1v) is 9.13. The second-order valence-corrected chi connectivity index (χ2v) is 9.31. The molecule has 0 amide bonds. The lowest BCUT2D eigenvalue weighted by Crippen LogP contribution is -2.35. The summed E-state index contributed by atoms with van der Waals surface area (Å²) in [6.07, 6.45) is 0.687. The van der Waals surface area contributed by atoms with E-state index in [1.54, 1.807) is 24.3 Å². The van der Waals surface area contributed by atoms with Gasteiger partial charge in [-0.25, -0.2) is 8.42 Å². The first kappa shape index (κ1) is 13.9. The van der Waals surface area contributed by atoms with Crippen LogP contribution in [0.1, 0.15) is 12.5 Å². The average molecular weight is 373 g/mol. The van der Waals surface area contributed by atoms with Gasteiger partial charge >= 0.3 is 0 Å². The quantitative estimate of drug-likeness (QED) is 0.822. The lowest BCUT2D eigenvalue weighted by atomic mass is 10.1. The maximum Gasteiger partial charge on any atom is 0.274 e. The highest BCUT2D eigenvalue weighted by atomic mass is 79.9. The molecule has 2 N–H and O–H groups in total. The number of hydrogen-bond acceptors (Lipinski definition) is 4. The van der Waals surface area contributed by atoms with Crippen molar-refractivity contribution in [1.29, 1.82) is 0 Å². The van der Waals surface area contributed by atoms with Gasteiger partial charge in [0.2, 0.25) is 0 Å². The molecule has 4 nitrogen and oxygen atoms in total. The molecule has 0 spiro atoms. The summed E-state index contributed by atoms with van der Waals surface area (Å²) in [4.78, 5) is 0. The summed E-state index contributed by atoms with van der Waals surface area (Å²) in [5.74, 6) is 0. The van der Waals surface area contributed by atoms with Crippen molar-refractivity contribution in [2.75, 3.05) is 10.0 Å². The van der Waals surface area contributed by atoms with Crippen LogP contribution in [0.15, 0.2) is 38.3 Å². The molecule has 3 rings (SSSR count). The van der Waals surface area contributed by atoms with Crippen LogP contribution in [0.2, 0.25) is 0 Å². The number of nitrogen functional groups attached to an aromatic ring is 1. The molecule has 1 atom stereocenters. The highest BCUT2D eigenvalue weighted by Crippen LogP contribution is 2.39. The third-order valence-corrected chi connectivity index (χ3v) is 7.34. The molecule has 0 radical (unpaired) electrons. The molecule has 0 fully saturated rings. The summed E-state index contributed by atoms with van der Waals surface area (Å²) in [7, 11) is -3.51. The SMILES string of the molecule is CC1Cc2cc(N)ccc2N1S(=O)(=O)c1ccc(Br)s1. The highest BCUT2D eigenvalue weighted by Gasteiger charge is 2.36. The number of hydrogen-bond donors (Lipinski definition) is 1. The van der Waals surface area contributed by atoms with E-state index >= 15 is 0 Å². The normalized spacial score (nSPS) is 18.3. The Labute approximate surface area is 130 Å². The van der Waals surface area contributed by atoms with E-state index in [9.17, 15) is 8.42 Å². The Kier molecular flexibility index (Phi) is 3.30. The van der Waals surface area contributed by atoms with Crippen LogP contribution in [-0.2, 0) is 16.4 Å². The number of halogens is 1. The maximum absolute atomic E-state index is 12.8. The molecule has 0 saturated heterocycles. The molecule has 0 aliphatic carbocycles. The zero-order valence-corrected chi connectivity index (χ0v) is 13.9. The van der Waals surface area contributed by atoms with Gasteiger partial charge in [0.1, 0.15) is 4.21 Å². The van der Waals surface area contributed by atoms with E-state index in [4.69, 9.17) is 5.73 Å². The van der Waals surface area contributed by atoms with Crippen LogP contribution in [0.25, 0.3) is 0 Å². The van der Waals surface area contributed by atoms with Gasteiger partial charge in [-0.15, -0.1) is 11.3 Å². The van der Waals surface area contributed by atoms with Crippen LogP contribution in [0.4, 0.5) is 11.4 Å². The first-order valence-electron chi connectivity index (χ1n) is 6.08. The average Bonchev–Trinajstić information content (AvgIpc) is 2.92. The lowest BCUT2D eigenvalue weighted by Gasteiger charge is -2.23. The number of nitrogens with zero attached hydrogens (tertiary/aromatic N) is 1. The van der Waals surface area contributed by atoms with Crippen LogP contribution in [-0.4, -0.2) is 14.5 Å². The van der Waals surface area contributed by atoms with Crippen molar-refractivity contribution in [1.82, 2.24) is 0 Å². The minimum Gasteiger partial charge on any atom is -0.399 e. The molecule has 2 aromatic rings. The monoisotopic (exact) mass is 372 g/mol. The third kappa shape index (κ3) is 2.13. The van der Waals surface area contributed by atoms with Gasteiger partial charge in [0.25, 0.3) is 10.0 Å². The van der Waals surface area contributed by atoms with Crippen molar-refractivity contribution >= 4 is 48.7 Å². The van der Waals surface area contributed by atoms with E-state index in [0.717, 1.165) is 15.0 Å². The van der Waals surface area contributed by atoms with Crippen LogP contribution < -0.4 is 10.0 Å². The highest BCUT2D eigenvalue weighted by molar-refractivity contribution is 9.11. The lowest BCUT2D eigenvalue weighted by molar-refractivity contribution is 0.586. The fourth-order valence-electron chi connectivity index (χ4n) is 2.52. The molecule has 106 valence electrons. The van der Waals surface area contributed by atoms with Crippen molar-refractivity contribution in [2.24, 2.45) is 0 Å². The molecule has 1 aromatic heterocycles. The number of anilines is 2. The van der Waals surface area contributed by atoms with Gasteiger partial charge in [-0.05, 0) is 65.2 Å². The topological polar surface area (TPSA) is 63.4 Å². The Balaban J connectivity index is 2.11. The Bertz CT molecular complexity index is 770. The number of fused-ring (bicyclic) bond motifs is 1. The number of thiophene rings is 1. The third-order valence-electron chi connectivity index (χ3n) is 3.32. The molecule has 0 saturated carbocycles. The van der Waals surface area contributed by atoms with Crippen molar-refractivity contribution in [3.63, 3.8) is 0 Å². The summed E-state index contributed by atoms with van der Waals surface area (Å²) in [5, 5.41) is 0. The molecule has 0 bridgehead atoms. The minimum absolute atomic E-state index is 0.0994. The Hall–Kier alpha value is -1.05. The van der Waals surface area contributed by atoms with E-state index in [1.165, 1.54) is 15.6 Å². The van der Waals surface area contributed by atoms with Crippen LogP contribution in [0, 0.1) is 0 Å². The van der Waals surface area contributed by atoms with Crippen molar-refractivity contribution < 1.29 is 8.42 Å². The molecule has 2 heterocycles. The molecule has 1 aliphatic rings. The van der Waals surface area contributed by atoms with Gasteiger partial charge in [-0.1, -0.05) is 0 Å². The molecule has 1 unspecified atom stereocenters. The Morgan fingerprint density at radius 2 is 2.10 bits per heavy atom. The molecule has 7 heteroatoms. The summed E-state index contributed by atoms with van der Waals surface area (Å²) in [6, 6.07) is 8.66. The zero-order valence-electron chi connectivity index (χ0n) is 10.7. The summed E-state index contributed by atoms with van der Waals surface area (Å²) >= 11 is 4.53. The fourth-order valence-corrected chi connectivity index (χ4v) is 6.31. The van der Waals surface area contributed by atoms with E-state index < -0.39 is 10.0 Å². The van der Waals surface area contributed by atoms with E-state index in [2.05, 4.69) is 15.9 Å². The van der Waals surface area contributed by atoms with Crippen molar-refractivity contribution in [2.45, 2.75) is 23.6 Å². The second kappa shape index (κ2) is 4.75. The summed E-state index contributed by atoms with van der Waals surface area (Å²) in [6.45, 7) is 1.91. The molecular formula is C13H13BrN2O2S2. The standard InChI is InChI=1S/C13H13BrN2O2S2/c1-8-6-9-7-10(15)2-3-11(9)16(8)20(17,18)13-5-4-12(14)19-13/h2-5,7-8H,6,15H2,1H3. The minimum atomic E-state index is -3.51. The zero-order chi connectivity index (χ0) is 14.5. The number of benzene rings is 1. The van der Waals surface area contributed by atoms with Gasteiger partial charge in [-0.3, -0.25) is 4.31 Å². The smallest absolute Gasteiger partial charge is 0.274 e.